The number of unbranched alkanes of at least 4 members (excludes halogenated alkanes) is 2. The highest BCUT2D eigenvalue weighted by Crippen LogP contribution is 2.34. The summed E-state index contributed by atoms with van der Waals surface area (Å²) in [6.07, 6.45) is 5.87. The summed E-state index contributed by atoms with van der Waals surface area (Å²) in [4.78, 5) is 39.9. The van der Waals surface area contributed by atoms with Crippen molar-refractivity contribution in [3.8, 4) is 0 Å². The van der Waals surface area contributed by atoms with Crippen LogP contribution < -0.4 is 0 Å². The molecule has 1 aromatic carbocycles. The van der Waals surface area contributed by atoms with Gasteiger partial charge in [0, 0.05) is 31.8 Å². The highest BCUT2D eigenvalue weighted by atomic mass is 16.6. The Kier molecular flexibility index (Phi) is 5.88. The van der Waals surface area contributed by atoms with Crippen molar-refractivity contribution in [2.24, 2.45) is 0 Å². The van der Waals surface area contributed by atoms with E-state index in [1.807, 2.05) is 4.90 Å². The summed E-state index contributed by atoms with van der Waals surface area (Å²) in [5.74, 6) is -0.517. The first-order valence-electron chi connectivity index (χ1n) is 9.64. The fourth-order valence-electron chi connectivity index (χ4n) is 3.71. The van der Waals surface area contributed by atoms with Crippen LogP contribution in [0.3, 0.4) is 0 Å². The maximum atomic E-state index is 13.1. The zero-order valence-corrected chi connectivity index (χ0v) is 15.6. The van der Waals surface area contributed by atoms with E-state index in [1.54, 1.807) is 12.1 Å². The molecule has 0 bridgehead atoms. The van der Waals surface area contributed by atoms with E-state index in [2.05, 4.69) is 6.92 Å². The van der Waals surface area contributed by atoms with Gasteiger partial charge in [0.15, 0.2) is 0 Å². The lowest BCUT2D eigenvalue weighted by atomic mass is 10.0. The van der Waals surface area contributed by atoms with Gasteiger partial charge < -0.3 is 4.90 Å². The van der Waals surface area contributed by atoms with Gasteiger partial charge in [-0.1, -0.05) is 19.8 Å². The SMILES string of the molecule is CCCCCN1C(=O)C(c2ccc([N+](=O)[O-])cc2)=C(N2CCCCC2)C1=O. The van der Waals surface area contributed by atoms with Gasteiger partial charge in [-0.15, -0.1) is 0 Å². The van der Waals surface area contributed by atoms with E-state index in [9.17, 15) is 19.7 Å². The minimum Gasteiger partial charge on any atom is -0.366 e. The van der Waals surface area contributed by atoms with Crippen molar-refractivity contribution >= 4 is 23.1 Å². The number of carbonyl (C=O) groups excluding carboxylic acids is 2. The molecule has 3 rings (SSSR count). The molecule has 144 valence electrons. The number of hydrogen-bond acceptors (Lipinski definition) is 5. The van der Waals surface area contributed by atoms with Crippen molar-refractivity contribution in [3.63, 3.8) is 0 Å². The molecule has 0 spiro atoms. The van der Waals surface area contributed by atoms with Crippen LogP contribution in [0.4, 0.5) is 5.69 Å². The lowest BCUT2D eigenvalue weighted by Gasteiger charge is -2.29. The van der Waals surface area contributed by atoms with Gasteiger partial charge in [-0.3, -0.25) is 24.6 Å². The molecule has 0 unspecified atom stereocenters. The van der Waals surface area contributed by atoms with Crippen molar-refractivity contribution in [2.45, 2.75) is 45.4 Å². The fourth-order valence-corrected chi connectivity index (χ4v) is 3.71. The number of imide groups is 1. The Morgan fingerprint density at radius 2 is 1.67 bits per heavy atom. The molecule has 27 heavy (non-hydrogen) atoms. The predicted molar refractivity (Wildman–Crippen MR) is 102 cm³/mol. The van der Waals surface area contributed by atoms with Gasteiger partial charge in [0.1, 0.15) is 5.70 Å². The molecule has 1 fully saturated rings. The largest absolute Gasteiger partial charge is 0.366 e. The van der Waals surface area contributed by atoms with Gasteiger partial charge in [0.2, 0.25) is 0 Å². The zero-order valence-electron chi connectivity index (χ0n) is 15.6. The number of nitro benzene ring substituents is 1. The lowest BCUT2D eigenvalue weighted by molar-refractivity contribution is -0.384. The van der Waals surface area contributed by atoms with Crippen LogP contribution in [0.5, 0.6) is 0 Å². The Balaban J connectivity index is 1.97. The predicted octanol–water partition coefficient (Wildman–Crippen LogP) is 3.35. The second-order valence-electron chi connectivity index (χ2n) is 7.04. The number of piperidine rings is 1. The molecule has 0 N–H and O–H groups in total. The summed E-state index contributed by atoms with van der Waals surface area (Å²) in [6.45, 7) is 4.01. The number of amides is 2. The summed E-state index contributed by atoms with van der Waals surface area (Å²) in [6, 6.07) is 5.90. The van der Waals surface area contributed by atoms with Crippen molar-refractivity contribution in [2.75, 3.05) is 19.6 Å². The summed E-state index contributed by atoms with van der Waals surface area (Å²) < 4.78 is 0. The molecule has 7 nitrogen and oxygen atoms in total. The number of nitrogens with zero attached hydrogens (tertiary/aromatic N) is 3. The number of carbonyl (C=O) groups is 2. The van der Waals surface area contributed by atoms with E-state index < -0.39 is 4.92 Å². The second kappa shape index (κ2) is 8.33. The van der Waals surface area contributed by atoms with Crippen molar-refractivity contribution in [1.29, 1.82) is 0 Å². The van der Waals surface area contributed by atoms with Crippen molar-refractivity contribution in [1.82, 2.24) is 9.80 Å². The van der Waals surface area contributed by atoms with E-state index in [1.165, 1.54) is 17.0 Å². The van der Waals surface area contributed by atoms with Crippen LogP contribution in [0.2, 0.25) is 0 Å². The van der Waals surface area contributed by atoms with Gasteiger partial charge in [-0.25, -0.2) is 0 Å². The first-order valence-corrected chi connectivity index (χ1v) is 9.64. The molecule has 0 aromatic heterocycles. The molecule has 0 aliphatic carbocycles. The van der Waals surface area contributed by atoms with Crippen LogP contribution >= 0.6 is 0 Å². The molecule has 2 aliphatic heterocycles. The third-order valence-electron chi connectivity index (χ3n) is 5.17. The average Bonchev–Trinajstić information content (AvgIpc) is 2.93. The molecule has 2 amide bonds. The standard InChI is InChI=1S/C20H25N3O4/c1-2-3-5-14-22-19(24)17(15-8-10-16(11-9-15)23(26)27)18(20(22)25)21-12-6-4-7-13-21/h8-11H,2-7,12-14H2,1H3. The fraction of sp³-hybridized carbons (Fsp3) is 0.500. The third-order valence-corrected chi connectivity index (χ3v) is 5.17. The zero-order chi connectivity index (χ0) is 19.4. The minimum absolute atomic E-state index is 0.0320. The molecule has 1 saturated heterocycles. The Hall–Kier alpha value is -2.70. The van der Waals surface area contributed by atoms with E-state index in [-0.39, 0.29) is 17.5 Å². The second-order valence-corrected chi connectivity index (χ2v) is 7.04. The Morgan fingerprint density at radius 3 is 2.26 bits per heavy atom. The van der Waals surface area contributed by atoms with E-state index in [4.69, 9.17) is 0 Å². The monoisotopic (exact) mass is 371 g/mol. The van der Waals surface area contributed by atoms with E-state index in [0.29, 0.717) is 23.4 Å². The number of benzene rings is 1. The maximum absolute atomic E-state index is 13.1. The first-order chi connectivity index (χ1) is 13.0. The molecular weight excluding hydrogens is 346 g/mol. The minimum atomic E-state index is -0.470. The molecule has 2 aliphatic rings. The van der Waals surface area contributed by atoms with Gasteiger partial charge in [0.05, 0.1) is 10.5 Å². The lowest BCUT2D eigenvalue weighted by Crippen LogP contribution is -2.37. The summed E-state index contributed by atoms with van der Waals surface area (Å²) in [5.41, 5.74) is 1.38. The first kappa shape index (κ1) is 19.1. The van der Waals surface area contributed by atoms with Crippen LogP contribution in [0, 0.1) is 10.1 Å². The molecule has 1 aromatic rings. The number of rotatable bonds is 7. The summed E-state index contributed by atoms with van der Waals surface area (Å²) >= 11 is 0. The molecule has 2 heterocycles. The van der Waals surface area contributed by atoms with Crippen LogP contribution in [-0.4, -0.2) is 46.2 Å². The van der Waals surface area contributed by atoms with Crippen LogP contribution in [0.1, 0.15) is 51.0 Å². The molecule has 0 radical (unpaired) electrons. The Labute approximate surface area is 158 Å². The summed E-state index contributed by atoms with van der Waals surface area (Å²) in [7, 11) is 0. The van der Waals surface area contributed by atoms with E-state index >= 15 is 0 Å². The maximum Gasteiger partial charge on any atom is 0.277 e. The van der Waals surface area contributed by atoms with Crippen LogP contribution in [0.25, 0.3) is 5.57 Å². The van der Waals surface area contributed by atoms with Crippen LogP contribution in [0.15, 0.2) is 30.0 Å². The third kappa shape index (κ3) is 3.86. The van der Waals surface area contributed by atoms with Crippen molar-refractivity contribution < 1.29 is 14.5 Å². The van der Waals surface area contributed by atoms with Crippen LogP contribution in [-0.2, 0) is 9.59 Å². The van der Waals surface area contributed by atoms with Gasteiger partial charge in [-0.05, 0) is 43.4 Å². The number of nitro groups is 1. The molecular formula is C20H25N3O4. The Bertz CT molecular complexity index is 764. The molecule has 7 heteroatoms. The number of hydrogen-bond donors (Lipinski definition) is 0. The number of non-ortho nitro benzene ring substituents is 1. The smallest absolute Gasteiger partial charge is 0.277 e. The quantitative estimate of drug-likeness (QED) is 0.318. The molecule has 0 saturated carbocycles. The van der Waals surface area contributed by atoms with Gasteiger partial charge in [-0.2, -0.15) is 0 Å². The topological polar surface area (TPSA) is 83.8 Å². The van der Waals surface area contributed by atoms with Crippen molar-refractivity contribution in [3.05, 3.63) is 45.6 Å². The van der Waals surface area contributed by atoms with Gasteiger partial charge >= 0.3 is 0 Å². The molecule has 0 atom stereocenters. The highest BCUT2D eigenvalue weighted by molar-refractivity contribution is 6.35. The Morgan fingerprint density at radius 1 is 1.00 bits per heavy atom. The normalized spacial score (nSPS) is 17.8. The summed E-state index contributed by atoms with van der Waals surface area (Å²) in [5, 5.41) is 10.9. The van der Waals surface area contributed by atoms with Gasteiger partial charge in [0.25, 0.3) is 17.5 Å². The number of likely N-dealkylation sites (tertiary alicyclic amines) is 1. The average molecular weight is 371 g/mol. The highest BCUT2D eigenvalue weighted by Gasteiger charge is 2.41. The van der Waals surface area contributed by atoms with E-state index in [0.717, 1.165) is 51.6 Å².